The number of alkyl halides is 3. The Morgan fingerprint density at radius 2 is 1.81 bits per heavy atom. The average Bonchev–Trinajstić information content (AvgIpc) is 3.45. The van der Waals surface area contributed by atoms with Crippen LogP contribution >= 0.6 is 0 Å². The molecule has 6 nitrogen and oxygen atoms in total. The quantitative estimate of drug-likeness (QED) is 0.290. The van der Waals surface area contributed by atoms with Gasteiger partial charge in [-0.1, -0.05) is 30.3 Å². The number of rotatable bonds is 4. The highest BCUT2D eigenvalue weighted by Crippen LogP contribution is 2.39. The van der Waals surface area contributed by atoms with Crippen LogP contribution in [-0.2, 0) is 6.54 Å². The summed E-state index contributed by atoms with van der Waals surface area (Å²) in [6.07, 6.45) is -4.79. The highest BCUT2D eigenvalue weighted by molar-refractivity contribution is 6.07. The molecule has 0 N–H and O–H groups in total. The fourth-order valence-corrected chi connectivity index (χ4v) is 4.51. The number of nitrogens with zero attached hydrogens (tertiary/aromatic N) is 1. The molecular formula is C27H18F3NO5. The van der Waals surface area contributed by atoms with E-state index in [0.717, 1.165) is 16.5 Å². The SMILES string of the molecule is Cc1ccc2c(c1)oc1c(-c3ccc(OC(F)(F)F)cc3)cc(=O)n(Cc3cccc4c3OCO4)c12. The summed E-state index contributed by atoms with van der Waals surface area (Å²) in [5, 5.41) is 0.747. The van der Waals surface area contributed by atoms with Crippen LogP contribution in [0.2, 0.25) is 0 Å². The number of hydrogen-bond donors (Lipinski definition) is 0. The predicted octanol–water partition coefficient (Wildman–Crippen LogP) is 6.40. The van der Waals surface area contributed by atoms with Crippen LogP contribution in [0.25, 0.3) is 33.2 Å². The molecule has 3 aromatic carbocycles. The molecule has 0 saturated heterocycles. The number of pyridine rings is 1. The topological polar surface area (TPSA) is 62.8 Å². The number of para-hydroxylation sites is 1. The van der Waals surface area contributed by atoms with Gasteiger partial charge in [0.2, 0.25) is 6.79 Å². The Kier molecular flexibility index (Phi) is 4.96. The van der Waals surface area contributed by atoms with Crippen molar-refractivity contribution in [2.45, 2.75) is 19.8 Å². The van der Waals surface area contributed by atoms with E-state index in [0.29, 0.717) is 39.3 Å². The van der Waals surface area contributed by atoms with Crippen molar-refractivity contribution in [3.05, 3.63) is 88.2 Å². The minimum Gasteiger partial charge on any atom is -0.454 e. The summed E-state index contributed by atoms with van der Waals surface area (Å²) in [4.78, 5) is 13.5. The lowest BCUT2D eigenvalue weighted by molar-refractivity contribution is -0.274. The summed E-state index contributed by atoms with van der Waals surface area (Å²) in [6.45, 7) is 2.26. The summed E-state index contributed by atoms with van der Waals surface area (Å²) < 4.78 is 60.7. The van der Waals surface area contributed by atoms with Crippen LogP contribution in [0.5, 0.6) is 17.2 Å². The maximum Gasteiger partial charge on any atom is 0.573 e. The van der Waals surface area contributed by atoms with Gasteiger partial charge < -0.3 is 23.2 Å². The molecule has 6 rings (SSSR count). The van der Waals surface area contributed by atoms with Gasteiger partial charge in [0.25, 0.3) is 5.56 Å². The van der Waals surface area contributed by atoms with Crippen LogP contribution in [0, 0.1) is 6.92 Å². The first-order valence-corrected chi connectivity index (χ1v) is 11.1. The lowest BCUT2D eigenvalue weighted by atomic mass is 10.0. The van der Waals surface area contributed by atoms with E-state index >= 15 is 0 Å². The third-order valence-corrected chi connectivity index (χ3v) is 6.07. The van der Waals surface area contributed by atoms with Crippen molar-refractivity contribution in [1.29, 1.82) is 0 Å². The maximum absolute atomic E-state index is 13.5. The normalized spacial score (nSPS) is 13.0. The zero-order valence-electron chi connectivity index (χ0n) is 18.9. The van der Waals surface area contributed by atoms with Gasteiger partial charge in [0.1, 0.15) is 11.3 Å². The summed E-state index contributed by atoms with van der Waals surface area (Å²) >= 11 is 0. The molecule has 0 aliphatic carbocycles. The molecule has 0 unspecified atom stereocenters. The molecule has 2 aromatic heterocycles. The Hall–Kier alpha value is -4.40. The van der Waals surface area contributed by atoms with Crippen molar-refractivity contribution in [3.8, 4) is 28.4 Å². The lowest BCUT2D eigenvalue weighted by Crippen LogP contribution is -2.20. The first-order chi connectivity index (χ1) is 17.3. The molecule has 1 aliphatic rings. The van der Waals surface area contributed by atoms with E-state index in [4.69, 9.17) is 13.9 Å². The van der Waals surface area contributed by atoms with Gasteiger partial charge in [-0.25, -0.2) is 0 Å². The molecule has 0 fully saturated rings. The lowest BCUT2D eigenvalue weighted by Gasteiger charge is -2.13. The molecule has 0 radical (unpaired) electrons. The number of hydrogen-bond acceptors (Lipinski definition) is 5. The van der Waals surface area contributed by atoms with Crippen molar-refractivity contribution >= 4 is 22.1 Å². The zero-order chi connectivity index (χ0) is 25.0. The molecule has 36 heavy (non-hydrogen) atoms. The van der Waals surface area contributed by atoms with E-state index in [1.54, 1.807) is 10.6 Å². The molecule has 1 aliphatic heterocycles. The van der Waals surface area contributed by atoms with Crippen LogP contribution in [0.1, 0.15) is 11.1 Å². The van der Waals surface area contributed by atoms with Crippen molar-refractivity contribution in [1.82, 2.24) is 4.57 Å². The van der Waals surface area contributed by atoms with Crippen LogP contribution in [0.4, 0.5) is 13.2 Å². The molecule has 3 heterocycles. The standard InChI is InChI=1S/C27H18F3NO5/c1-15-5-10-19-22(11-15)35-26-20(16-6-8-18(9-7-16)36-27(28,29)30)12-23(32)31(24(19)26)13-17-3-2-4-21-25(17)34-14-33-21/h2-12H,13-14H2,1H3. The van der Waals surface area contributed by atoms with E-state index in [9.17, 15) is 18.0 Å². The second kappa shape index (κ2) is 8.08. The minimum atomic E-state index is -4.79. The van der Waals surface area contributed by atoms with Gasteiger partial charge in [0, 0.05) is 22.6 Å². The Bertz CT molecular complexity index is 1680. The Morgan fingerprint density at radius 1 is 1.00 bits per heavy atom. The monoisotopic (exact) mass is 493 g/mol. The highest BCUT2D eigenvalue weighted by Gasteiger charge is 2.31. The smallest absolute Gasteiger partial charge is 0.454 e. The summed E-state index contributed by atoms with van der Waals surface area (Å²) in [5.74, 6) is 0.851. The molecule has 0 bridgehead atoms. The van der Waals surface area contributed by atoms with Crippen molar-refractivity contribution < 1.29 is 31.8 Å². The molecule has 0 atom stereocenters. The third kappa shape index (κ3) is 3.82. The van der Waals surface area contributed by atoms with Crippen molar-refractivity contribution in [2.75, 3.05) is 6.79 Å². The van der Waals surface area contributed by atoms with Gasteiger partial charge in [-0.2, -0.15) is 0 Å². The molecule has 9 heteroatoms. The van der Waals surface area contributed by atoms with Gasteiger partial charge in [0.15, 0.2) is 17.1 Å². The molecule has 0 saturated carbocycles. The molecule has 182 valence electrons. The summed E-state index contributed by atoms with van der Waals surface area (Å²) in [5.41, 5.74) is 4.08. The van der Waals surface area contributed by atoms with Gasteiger partial charge in [-0.3, -0.25) is 4.79 Å². The second-order valence-corrected chi connectivity index (χ2v) is 8.48. The minimum absolute atomic E-state index is 0.109. The van der Waals surface area contributed by atoms with Crippen LogP contribution < -0.4 is 19.8 Å². The average molecular weight is 493 g/mol. The number of ether oxygens (including phenoxy) is 3. The molecule has 0 amide bonds. The number of fused-ring (bicyclic) bond motifs is 4. The first kappa shape index (κ1) is 22.1. The number of aromatic nitrogens is 1. The van der Waals surface area contributed by atoms with Crippen LogP contribution in [0.3, 0.4) is 0 Å². The fourth-order valence-electron chi connectivity index (χ4n) is 4.51. The van der Waals surface area contributed by atoms with E-state index in [1.165, 1.54) is 30.3 Å². The van der Waals surface area contributed by atoms with Crippen LogP contribution in [-0.4, -0.2) is 17.7 Å². The second-order valence-electron chi connectivity index (χ2n) is 8.48. The van der Waals surface area contributed by atoms with E-state index in [1.807, 2.05) is 37.3 Å². The Labute approximate surface area is 202 Å². The first-order valence-electron chi connectivity index (χ1n) is 11.1. The zero-order valence-corrected chi connectivity index (χ0v) is 18.9. The van der Waals surface area contributed by atoms with Crippen LogP contribution in [0.15, 0.2) is 75.9 Å². The van der Waals surface area contributed by atoms with E-state index in [2.05, 4.69) is 4.74 Å². The maximum atomic E-state index is 13.5. The number of aryl methyl sites for hydroxylation is 1. The molecule has 5 aromatic rings. The highest BCUT2D eigenvalue weighted by atomic mass is 19.4. The van der Waals surface area contributed by atoms with Gasteiger partial charge in [0.05, 0.1) is 12.1 Å². The predicted molar refractivity (Wildman–Crippen MR) is 127 cm³/mol. The molecule has 0 spiro atoms. The summed E-state index contributed by atoms with van der Waals surface area (Å²) in [6, 6.07) is 18.0. The van der Waals surface area contributed by atoms with Gasteiger partial charge in [-0.05, 0) is 48.4 Å². The van der Waals surface area contributed by atoms with Gasteiger partial charge in [-0.15, -0.1) is 13.2 Å². The largest absolute Gasteiger partial charge is 0.573 e. The summed E-state index contributed by atoms with van der Waals surface area (Å²) in [7, 11) is 0. The fraction of sp³-hybridized carbons (Fsp3) is 0.148. The number of benzene rings is 3. The Morgan fingerprint density at radius 3 is 2.58 bits per heavy atom. The number of furan rings is 1. The van der Waals surface area contributed by atoms with E-state index < -0.39 is 6.36 Å². The molecular weight excluding hydrogens is 475 g/mol. The number of halogens is 3. The van der Waals surface area contributed by atoms with Crippen molar-refractivity contribution in [2.24, 2.45) is 0 Å². The Balaban J connectivity index is 1.54. The van der Waals surface area contributed by atoms with E-state index in [-0.39, 0.29) is 24.6 Å². The third-order valence-electron chi connectivity index (χ3n) is 6.07. The van der Waals surface area contributed by atoms with Gasteiger partial charge >= 0.3 is 6.36 Å². The van der Waals surface area contributed by atoms with Crippen molar-refractivity contribution in [3.63, 3.8) is 0 Å².